The lowest BCUT2D eigenvalue weighted by molar-refractivity contribution is 0.0696. The maximum absolute atomic E-state index is 12.3. The summed E-state index contributed by atoms with van der Waals surface area (Å²) in [6.07, 6.45) is 1.90. The summed E-state index contributed by atoms with van der Waals surface area (Å²) in [6.45, 7) is 0. The van der Waals surface area contributed by atoms with Crippen molar-refractivity contribution in [2.75, 3.05) is 11.6 Å². The summed E-state index contributed by atoms with van der Waals surface area (Å²) in [5, 5.41) is 11.7. The van der Waals surface area contributed by atoms with Crippen molar-refractivity contribution in [2.45, 2.75) is 4.90 Å². The van der Waals surface area contributed by atoms with E-state index in [4.69, 9.17) is 5.11 Å². The van der Waals surface area contributed by atoms with Gasteiger partial charge in [0.25, 0.3) is 5.91 Å². The number of nitrogens with one attached hydrogen (secondary N) is 1. The van der Waals surface area contributed by atoms with Crippen molar-refractivity contribution in [3.63, 3.8) is 0 Å². The van der Waals surface area contributed by atoms with Crippen LogP contribution in [0.1, 0.15) is 20.7 Å². The molecular formula is C15H12BrNO3S. The first kappa shape index (κ1) is 15.6. The third-order valence-electron chi connectivity index (χ3n) is 2.81. The van der Waals surface area contributed by atoms with Crippen molar-refractivity contribution in [1.29, 1.82) is 0 Å². The summed E-state index contributed by atoms with van der Waals surface area (Å²) in [4.78, 5) is 24.2. The molecule has 6 heteroatoms. The molecule has 0 fully saturated rings. The lowest BCUT2D eigenvalue weighted by atomic mass is 10.1. The number of thioether (sulfide) groups is 1. The Labute approximate surface area is 134 Å². The number of carboxylic acid groups (broad SMARTS) is 1. The third-order valence-corrected chi connectivity index (χ3v) is 4.30. The molecule has 0 unspecified atom stereocenters. The number of hydrogen-bond acceptors (Lipinski definition) is 3. The van der Waals surface area contributed by atoms with Crippen LogP contribution in [-0.4, -0.2) is 23.2 Å². The molecule has 2 N–H and O–H groups in total. The largest absolute Gasteiger partial charge is 0.478 e. The van der Waals surface area contributed by atoms with Crippen molar-refractivity contribution in [2.24, 2.45) is 0 Å². The fraction of sp³-hybridized carbons (Fsp3) is 0.0667. The maximum atomic E-state index is 12.3. The SMILES string of the molecule is CSc1ccccc1C(=O)Nc1cc(C(=O)O)ccc1Br. The van der Waals surface area contributed by atoms with Gasteiger partial charge in [-0.25, -0.2) is 4.79 Å². The fourth-order valence-corrected chi connectivity index (χ4v) is 2.72. The molecule has 2 aromatic carbocycles. The Kier molecular flexibility index (Phi) is 5.03. The summed E-state index contributed by atoms with van der Waals surface area (Å²) in [7, 11) is 0. The molecule has 4 nitrogen and oxygen atoms in total. The van der Waals surface area contributed by atoms with E-state index in [-0.39, 0.29) is 11.5 Å². The van der Waals surface area contributed by atoms with E-state index < -0.39 is 5.97 Å². The molecule has 0 saturated heterocycles. The Balaban J connectivity index is 2.31. The van der Waals surface area contributed by atoms with Gasteiger partial charge in [-0.2, -0.15) is 0 Å². The fourth-order valence-electron chi connectivity index (χ4n) is 1.78. The van der Waals surface area contributed by atoms with Crippen LogP contribution in [0.5, 0.6) is 0 Å². The van der Waals surface area contributed by atoms with Gasteiger partial charge in [0.15, 0.2) is 0 Å². The van der Waals surface area contributed by atoms with E-state index in [0.717, 1.165) is 4.90 Å². The number of amides is 1. The second-order valence-corrected chi connectivity index (χ2v) is 5.86. The van der Waals surface area contributed by atoms with E-state index in [1.165, 1.54) is 23.9 Å². The summed E-state index contributed by atoms with van der Waals surface area (Å²) in [6, 6.07) is 11.7. The van der Waals surface area contributed by atoms with E-state index in [1.54, 1.807) is 18.2 Å². The molecule has 0 aliphatic carbocycles. The standard InChI is InChI=1S/C15H12BrNO3S/c1-21-13-5-3-2-4-10(13)14(18)17-12-8-9(15(19)20)6-7-11(12)16/h2-8H,1H3,(H,17,18)(H,19,20). The van der Waals surface area contributed by atoms with Crippen LogP contribution in [0.15, 0.2) is 51.8 Å². The highest BCUT2D eigenvalue weighted by molar-refractivity contribution is 9.10. The normalized spacial score (nSPS) is 10.2. The van der Waals surface area contributed by atoms with Gasteiger partial charge in [-0.1, -0.05) is 12.1 Å². The van der Waals surface area contributed by atoms with Crippen molar-refractivity contribution in [3.8, 4) is 0 Å². The van der Waals surface area contributed by atoms with E-state index >= 15 is 0 Å². The molecule has 0 atom stereocenters. The predicted molar refractivity (Wildman–Crippen MR) is 87.3 cm³/mol. The van der Waals surface area contributed by atoms with Gasteiger partial charge in [-0.15, -0.1) is 11.8 Å². The van der Waals surface area contributed by atoms with E-state index in [0.29, 0.717) is 15.7 Å². The zero-order valence-corrected chi connectivity index (χ0v) is 13.5. The van der Waals surface area contributed by atoms with E-state index in [9.17, 15) is 9.59 Å². The van der Waals surface area contributed by atoms with Crippen LogP contribution in [0.4, 0.5) is 5.69 Å². The highest BCUT2D eigenvalue weighted by Crippen LogP contribution is 2.26. The van der Waals surface area contributed by atoms with Gasteiger partial charge >= 0.3 is 5.97 Å². The first-order valence-corrected chi connectivity index (χ1v) is 8.02. The minimum absolute atomic E-state index is 0.117. The highest BCUT2D eigenvalue weighted by Gasteiger charge is 2.13. The van der Waals surface area contributed by atoms with Crippen molar-refractivity contribution >= 4 is 45.3 Å². The molecule has 0 aromatic heterocycles. The number of benzene rings is 2. The van der Waals surface area contributed by atoms with Gasteiger partial charge < -0.3 is 10.4 Å². The molecular weight excluding hydrogens is 354 g/mol. The summed E-state index contributed by atoms with van der Waals surface area (Å²) in [5.74, 6) is -1.31. The van der Waals surface area contributed by atoms with Crippen LogP contribution in [-0.2, 0) is 0 Å². The van der Waals surface area contributed by atoms with Crippen LogP contribution in [0.2, 0.25) is 0 Å². The molecule has 0 aliphatic rings. The lowest BCUT2D eigenvalue weighted by Crippen LogP contribution is -2.14. The second-order valence-electron chi connectivity index (χ2n) is 4.15. The molecule has 0 bridgehead atoms. The molecule has 108 valence electrons. The summed E-state index contributed by atoms with van der Waals surface area (Å²) < 4.78 is 0.627. The number of aromatic carboxylic acids is 1. The molecule has 0 radical (unpaired) electrons. The zero-order valence-electron chi connectivity index (χ0n) is 11.1. The Morgan fingerprint density at radius 3 is 2.57 bits per heavy atom. The van der Waals surface area contributed by atoms with Crippen molar-refractivity contribution in [3.05, 3.63) is 58.1 Å². The van der Waals surface area contributed by atoms with Gasteiger partial charge in [0, 0.05) is 9.37 Å². The van der Waals surface area contributed by atoms with E-state index in [1.807, 2.05) is 18.4 Å². The highest BCUT2D eigenvalue weighted by atomic mass is 79.9. The average Bonchev–Trinajstić information content (AvgIpc) is 2.49. The Bertz CT molecular complexity index is 703. The molecule has 2 rings (SSSR count). The minimum Gasteiger partial charge on any atom is -0.478 e. The van der Waals surface area contributed by atoms with Crippen LogP contribution in [0, 0.1) is 0 Å². The Hall–Kier alpha value is -1.79. The first-order valence-electron chi connectivity index (χ1n) is 6.00. The van der Waals surface area contributed by atoms with Crippen LogP contribution in [0.3, 0.4) is 0 Å². The van der Waals surface area contributed by atoms with E-state index in [2.05, 4.69) is 21.2 Å². The number of carbonyl (C=O) groups excluding carboxylic acids is 1. The molecule has 21 heavy (non-hydrogen) atoms. The Morgan fingerprint density at radius 2 is 1.90 bits per heavy atom. The number of rotatable bonds is 4. The maximum Gasteiger partial charge on any atom is 0.335 e. The Morgan fingerprint density at radius 1 is 1.19 bits per heavy atom. The monoisotopic (exact) mass is 365 g/mol. The molecule has 2 aromatic rings. The number of carbonyl (C=O) groups is 2. The van der Waals surface area contributed by atoms with Crippen LogP contribution < -0.4 is 5.32 Å². The van der Waals surface area contributed by atoms with Crippen LogP contribution in [0.25, 0.3) is 0 Å². The quantitative estimate of drug-likeness (QED) is 0.799. The van der Waals surface area contributed by atoms with Gasteiger partial charge in [-0.3, -0.25) is 4.79 Å². The van der Waals surface area contributed by atoms with Crippen molar-refractivity contribution in [1.82, 2.24) is 0 Å². The van der Waals surface area contributed by atoms with Gasteiger partial charge in [-0.05, 0) is 52.5 Å². The van der Waals surface area contributed by atoms with Crippen LogP contribution >= 0.6 is 27.7 Å². The smallest absolute Gasteiger partial charge is 0.335 e. The van der Waals surface area contributed by atoms with Gasteiger partial charge in [0.05, 0.1) is 16.8 Å². The molecule has 0 heterocycles. The minimum atomic E-state index is -1.04. The second kappa shape index (κ2) is 6.78. The molecule has 0 saturated carbocycles. The number of hydrogen-bond donors (Lipinski definition) is 2. The third kappa shape index (κ3) is 3.65. The average molecular weight is 366 g/mol. The zero-order chi connectivity index (χ0) is 15.4. The topological polar surface area (TPSA) is 66.4 Å². The number of halogens is 1. The van der Waals surface area contributed by atoms with Gasteiger partial charge in [0.1, 0.15) is 0 Å². The van der Waals surface area contributed by atoms with Crippen molar-refractivity contribution < 1.29 is 14.7 Å². The summed E-state index contributed by atoms with van der Waals surface area (Å²) >= 11 is 4.78. The number of anilines is 1. The summed E-state index contributed by atoms with van der Waals surface area (Å²) in [5.41, 5.74) is 1.10. The number of carboxylic acids is 1. The predicted octanol–water partition coefficient (Wildman–Crippen LogP) is 4.12. The molecule has 1 amide bonds. The molecule has 0 aliphatic heterocycles. The first-order chi connectivity index (χ1) is 10.0. The lowest BCUT2D eigenvalue weighted by Gasteiger charge is -2.10. The molecule has 0 spiro atoms. The van der Waals surface area contributed by atoms with Gasteiger partial charge in [0.2, 0.25) is 0 Å².